The van der Waals surface area contributed by atoms with Crippen molar-refractivity contribution in [3.63, 3.8) is 0 Å². The van der Waals surface area contributed by atoms with E-state index in [1.807, 2.05) is 0 Å². The molecule has 0 bridgehead atoms. The molecule has 1 aromatic rings. The Hall–Kier alpha value is -2.19. The van der Waals surface area contributed by atoms with Gasteiger partial charge < -0.3 is 11.1 Å². The Morgan fingerprint density at radius 3 is 2.79 bits per heavy atom. The van der Waals surface area contributed by atoms with E-state index >= 15 is 0 Å². The zero-order chi connectivity index (χ0) is 14.0. The lowest BCUT2D eigenvalue weighted by molar-refractivity contribution is -0.385. The highest BCUT2D eigenvalue weighted by Crippen LogP contribution is 2.19. The number of nitrogens with one attached hydrogen (secondary N) is 1. The first kappa shape index (κ1) is 13.2. The molecule has 0 saturated carbocycles. The lowest BCUT2D eigenvalue weighted by Gasteiger charge is -2.32. The van der Waals surface area contributed by atoms with E-state index in [0.29, 0.717) is 11.1 Å². The highest BCUT2D eigenvalue weighted by Gasteiger charge is 2.22. The van der Waals surface area contributed by atoms with Crippen LogP contribution in [0.1, 0.15) is 11.1 Å². The summed E-state index contributed by atoms with van der Waals surface area (Å²) >= 11 is 0. The van der Waals surface area contributed by atoms with Crippen LogP contribution in [0.4, 0.5) is 5.69 Å². The molecule has 1 saturated heterocycles. The van der Waals surface area contributed by atoms with Crippen LogP contribution in [0.15, 0.2) is 23.3 Å². The second-order valence-electron chi connectivity index (χ2n) is 4.44. The van der Waals surface area contributed by atoms with Crippen molar-refractivity contribution in [2.24, 2.45) is 16.7 Å². The third-order valence-electron chi connectivity index (χ3n) is 3.06. The molecule has 1 heterocycles. The molecule has 19 heavy (non-hydrogen) atoms. The van der Waals surface area contributed by atoms with Crippen LogP contribution in [0.25, 0.3) is 0 Å². The van der Waals surface area contributed by atoms with Crippen molar-refractivity contribution >= 4 is 11.5 Å². The fourth-order valence-electron chi connectivity index (χ4n) is 1.69. The first-order valence-corrected chi connectivity index (χ1v) is 5.83. The predicted octanol–water partition coefficient (Wildman–Crippen LogP) is -0.329. The summed E-state index contributed by atoms with van der Waals surface area (Å²) in [4.78, 5) is 10.4. The van der Waals surface area contributed by atoms with Crippen molar-refractivity contribution in [3.05, 3.63) is 39.4 Å². The van der Waals surface area contributed by atoms with E-state index in [1.54, 1.807) is 19.1 Å². The molecule has 1 aliphatic rings. The summed E-state index contributed by atoms with van der Waals surface area (Å²) in [5.41, 5.74) is 6.90. The molecule has 8 heteroatoms. The number of nitro benzene ring substituents is 1. The molecule has 0 radical (unpaired) electrons. The van der Waals surface area contributed by atoms with Gasteiger partial charge in [-0.05, 0) is 6.92 Å². The Balaban J connectivity index is 2.22. The lowest BCUT2D eigenvalue weighted by Crippen LogP contribution is -2.58. The quantitative estimate of drug-likeness (QED) is 0.225. The number of aryl methyl sites for hydroxylation is 1. The average Bonchev–Trinajstić information content (AvgIpc) is 2.26. The Morgan fingerprint density at radius 1 is 1.58 bits per heavy atom. The number of nitro groups is 1. The highest BCUT2D eigenvalue weighted by molar-refractivity contribution is 5.97. The molecular weight excluding hydrogens is 248 g/mol. The van der Waals surface area contributed by atoms with Crippen LogP contribution in [0.5, 0.6) is 0 Å². The largest absolute Gasteiger partial charge is 0.382 e. The fourth-order valence-corrected chi connectivity index (χ4v) is 1.69. The third-order valence-corrected chi connectivity index (χ3v) is 3.06. The molecular formula is C11H16N6O2. The van der Waals surface area contributed by atoms with Gasteiger partial charge in [-0.1, -0.05) is 12.1 Å². The topological polar surface area (TPSA) is 123 Å². The summed E-state index contributed by atoms with van der Waals surface area (Å²) in [6, 6.07) is 4.84. The van der Waals surface area contributed by atoms with Crippen molar-refractivity contribution in [2.75, 3.05) is 13.1 Å². The molecule has 1 aliphatic heterocycles. The molecule has 1 aromatic carbocycles. The van der Waals surface area contributed by atoms with Gasteiger partial charge in [0.25, 0.3) is 5.69 Å². The number of nitrogens with two attached hydrogens (primary N) is 2. The Bertz CT molecular complexity index is 526. The maximum Gasteiger partial charge on any atom is 0.273 e. The zero-order valence-corrected chi connectivity index (χ0v) is 10.5. The van der Waals surface area contributed by atoms with E-state index in [2.05, 4.69) is 10.4 Å². The number of hydrazine groups is 1. The summed E-state index contributed by atoms with van der Waals surface area (Å²) in [5, 5.41) is 19.3. The molecule has 0 atom stereocenters. The van der Waals surface area contributed by atoms with Gasteiger partial charge in [-0.25, -0.2) is 11.0 Å². The average molecular weight is 264 g/mol. The van der Waals surface area contributed by atoms with Crippen LogP contribution in [0, 0.1) is 17.0 Å². The summed E-state index contributed by atoms with van der Waals surface area (Å²) in [5.74, 6) is 5.90. The van der Waals surface area contributed by atoms with E-state index in [0.717, 1.165) is 13.1 Å². The van der Waals surface area contributed by atoms with Gasteiger partial charge in [0.15, 0.2) is 5.84 Å². The van der Waals surface area contributed by atoms with E-state index in [-0.39, 0.29) is 17.6 Å². The number of amidine groups is 1. The number of benzene rings is 1. The van der Waals surface area contributed by atoms with Gasteiger partial charge in [-0.15, -0.1) is 5.10 Å². The van der Waals surface area contributed by atoms with Crippen molar-refractivity contribution in [2.45, 2.75) is 13.0 Å². The molecule has 102 valence electrons. The molecule has 2 rings (SSSR count). The number of nitrogens with zero attached hydrogens (tertiary/aromatic N) is 3. The van der Waals surface area contributed by atoms with Gasteiger partial charge in [0, 0.05) is 30.3 Å². The number of rotatable bonds is 4. The van der Waals surface area contributed by atoms with Crippen molar-refractivity contribution in [1.82, 2.24) is 10.4 Å². The first-order valence-electron chi connectivity index (χ1n) is 5.83. The third kappa shape index (κ3) is 2.80. The Morgan fingerprint density at radius 2 is 2.26 bits per heavy atom. The van der Waals surface area contributed by atoms with Gasteiger partial charge in [0.2, 0.25) is 0 Å². The molecule has 0 aromatic heterocycles. The number of hydrogen-bond donors (Lipinski definition) is 3. The number of hydrogen-bond acceptors (Lipinski definition) is 6. The minimum absolute atomic E-state index is 0.0181. The molecule has 0 spiro atoms. The number of hydrazone groups is 1. The standard InChI is InChI=1S/C11H16N6O2/c1-7-2-3-8(4-10(7)17(18)19)11(12)15-16(13)9-5-14-6-9/h2-4,9,14H,5-6,13H2,1H3,(H2,12,15). The molecule has 0 amide bonds. The summed E-state index contributed by atoms with van der Waals surface area (Å²) in [7, 11) is 0. The van der Waals surface area contributed by atoms with Crippen molar-refractivity contribution < 1.29 is 4.92 Å². The van der Waals surface area contributed by atoms with Crippen LogP contribution in [0.3, 0.4) is 0 Å². The van der Waals surface area contributed by atoms with Crippen LogP contribution < -0.4 is 16.9 Å². The van der Waals surface area contributed by atoms with Crippen molar-refractivity contribution in [3.8, 4) is 0 Å². The van der Waals surface area contributed by atoms with Crippen LogP contribution >= 0.6 is 0 Å². The van der Waals surface area contributed by atoms with E-state index in [9.17, 15) is 10.1 Å². The van der Waals surface area contributed by atoms with Gasteiger partial charge in [0.1, 0.15) is 0 Å². The van der Waals surface area contributed by atoms with Gasteiger partial charge in [-0.2, -0.15) is 0 Å². The van der Waals surface area contributed by atoms with Gasteiger partial charge >= 0.3 is 0 Å². The maximum atomic E-state index is 10.9. The second kappa shape index (κ2) is 5.21. The fraction of sp³-hybridized carbons (Fsp3) is 0.364. The summed E-state index contributed by atoms with van der Waals surface area (Å²) in [6.45, 7) is 3.17. The van der Waals surface area contributed by atoms with E-state index < -0.39 is 4.92 Å². The Kier molecular flexibility index (Phi) is 3.63. The van der Waals surface area contributed by atoms with Gasteiger partial charge in [0.05, 0.1) is 11.0 Å². The van der Waals surface area contributed by atoms with Crippen molar-refractivity contribution in [1.29, 1.82) is 0 Å². The minimum Gasteiger partial charge on any atom is -0.382 e. The predicted molar refractivity (Wildman–Crippen MR) is 71.2 cm³/mol. The van der Waals surface area contributed by atoms with Crippen LogP contribution in [-0.4, -0.2) is 35.0 Å². The normalized spacial score (nSPS) is 16.0. The monoisotopic (exact) mass is 264 g/mol. The van der Waals surface area contributed by atoms with Gasteiger partial charge in [-0.3, -0.25) is 10.1 Å². The molecule has 0 unspecified atom stereocenters. The Labute approximate surface area is 110 Å². The van der Waals surface area contributed by atoms with Crippen LogP contribution in [0.2, 0.25) is 0 Å². The van der Waals surface area contributed by atoms with E-state index in [1.165, 1.54) is 11.2 Å². The maximum absolute atomic E-state index is 10.9. The first-order chi connectivity index (χ1) is 8.99. The SMILES string of the molecule is Cc1ccc(/C(N)=N/N(N)C2CNC2)cc1[N+](=O)[O-]. The molecule has 1 fully saturated rings. The van der Waals surface area contributed by atoms with E-state index in [4.69, 9.17) is 11.6 Å². The molecule has 0 aliphatic carbocycles. The molecule has 8 nitrogen and oxygen atoms in total. The zero-order valence-electron chi connectivity index (χ0n) is 10.5. The highest BCUT2D eigenvalue weighted by atomic mass is 16.6. The second-order valence-corrected chi connectivity index (χ2v) is 4.44. The van der Waals surface area contributed by atoms with Crippen LogP contribution in [-0.2, 0) is 0 Å². The summed E-state index contributed by atoms with van der Waals surface area (Å²) in [6.07, 6.45) is 0. The smallest absolute Gasteiger partial charge is 0.273 e. The minimum atomic E-state index is -0.442. The lowest BCUT2D eigenvalue weighted by atomic mass is 10.1. The molecule has 5 N–H and O–H groups in total. The summed E-state index contributed by atoms with van der Waals surface area (Å²) < 4.78 is 0.